The normalized spacial score (nSPS) is 26.2. The monoisotopic (exact) mass is 1460 g/mol. The second-order valence-corrected chi connectivity index (χ2v) is 30.7. The van der Waals surface area contributed by atoms with Crippen molar-refractivity contribution in [2.24, 2.45) is 0 Å². The molecule has 0 bridgehead atoms. The first kappa shape index (κ1) is 94.5. The summed E-state index contributed by atoms with van der Waals surface area (Å²) in [5, 5.41) is 121. The molecule has 0 saturated carbocycles. The van der Waals surface area contributed by atoms with Crippen LogP contribution in [0.15, 0.2) is 24.3 Å². The number of nitrogens with one attached hydrogen (secondary N) is 1. The van der Waals surface area contributed by atoms with Gasteiger partial charge < -0.3 is 89.9 Å². The summed E-state index contributed by atoms with van der Waals surface area (Å²) in [7, 11) is 0. The Balaban J connectivity index is 1.29. The molecule has 17 atom stereocenters. The lowest BCUT2D eigenvalue weighted by molar-refractivity contribution is -0.379. The molecule has 3 saturated heterocycles. The molecule has 1 amide bonds. The lowest BCUT2D eigenvalue weighted by atomic mass is 9.96. The molecule has 3 fully saturated rings. The van der Waals surface area contributed by atoms with E-state index in [9.17, 15) is 61.0 Å². The first-order valence-electron chi connectivity index (χ1n) is 42.6. The minimum absolute atomic E-state index is 0.234. The van der Waals surface area contributed by atoms with E-state index in [1.165, 1.54) is 283 Å². The predicted octanol–water partition coefficient (Wildman–Crippen LogP) is 14.9. The summed E-state index contributed by atoms with van der Waals surface area (Å²) in [5.41, 5.74) is 0. The molecule has 0 aromatic carbocycles. The van der Waals surface area contributed by atoms with Gasteiger partial charge >= 0.3 is 0 Å². The Morgan fingerprint density at radius 2 is 0.647 bits per heavy atom. The second-order valence-electron chi connectivity index (χ2n) is 30.7. The van der Waals surface area contributed by atoms with Crippen LogP contribution in [0.3, 0.4) is 0 Å². The van der Waals surface area contributed by atoms with Crippen LogP contribution in [0.5, 0.6) is 0 Å². The zero-order chi connectivity index (χ0) is 73.9. The van der Waals surface area contributed by atoms with Gasteiger partial charge in [-0.05, 0) is 44.9 Å². The SMILES string of the molecule is CCCCCCC/C=C\C/C=C\CCCCCCCCCCCCCCCCCCCCCCCCCCCCCC(=O)NC(COC1OC(CO)C(OC2OC(CO)C(OC3OC(CO)C(O)C(O)C3O)C(O)C2O)C(O)C1O)C(O)CCCCCCCCCCCCCCCCCCCC. The number of aliphatic hydroxyl groups excluding tert-OH is 11. The van der Waals surface area contributed by atoms with Crippen LogP contribution in [0, 0.1) is 0 Å². The van der Waals surface area contributed by atoms with Crippen LogP contribution >= 0.6 is 0 Å². The Hall–Kier alpha value is -1.73. The molecule has 17 unspecified atom stereocenters. The Bertz CT molecular complexity index is 1940. The van der Waals surface area contributed by atoms with Crippen LogP contribution in [0.4, 0.5) is 0 Å². The van der Waals surface area contributed by atoms with Crippen molar-refractivity contribution >= 4 is 5.91 Å². The summed E-state index contributed by atoms with van der Waals surface area (Å²) in [6, 6.07) is -0.885. The van der Waals surface area contributed by atoms with Crippen LogP contribution in [0.2, 0.25) is 0 Å². The number of hydrogen-bond donors (Lipinski definition) is 12. The number of carbonyl (C=O) groups excluding carboxylic acids is 1. The molecule has 19 heteroatoms. The van der Waals surface area contributed by atoms with E-state index in [1.54, 1.807) is 0 Å². The van der Waals surface area contributed by atoms with Crippen molar-refractivity contribution in [3.05, 3.63) is 24.3 Å². The minimum atomic E-state index is -1.97. The topological polar surface area (TPSA) is 307 Å². The second kappa shape index (κ2) is 64.1. The number of hydrogen-bond acceptors (Lipinski definition) is 18. The molecule has 0 aromatic rings. The Kier molecular flexibility index (Phi) is 59.4. The molecule has 102 heavy (non-hydrogen) atoms. The van der Waals surface area contributed by atoms with E-state index in [4.69, 9.17) is 28.4 Å². The van der Waals surface area contributed by atoms with Gasteiger partial charge in [0.05, 0.1) is 38.6 Å². The van der Waals surface area contributed by atoms with E-state index in [0.29, 0.717) is 12.8 Å². The van der Waals surface area contributed by atoms with Crippen LogP contribution in [-0.4, -0.2) is 193 Å². The molecular weight excluding hydrogens is 1300 g/mol. The molecule has 0 radical (unpaired) electrons. The average Bonchev–Trinajstić information content (AvgIpc) is 0.781. The standard InChI is InChI=1S/C83H157NO18/c1-3-5-7-9-11-13-15-17-19-21-23-24-25-26-27-28-29-30-31-32-33-34-35-36-37-38-39-40-41-42-43-45-47-49-51-53-55-57-59-61-71(89)84-66(67(88)60-58-56-54-52-50-48-46-44-22-20-18-16-14-12-10-8-6-4-2)65-97-81-77(95)74(92)79(69(63-86)99-81)102-83-78(96)75(93)80(70(64-87)100-83)101-82-76(94)73(91)72(90)68(62-85)98-82/h15,17,21,23,66-70,72-83,85-88,90-96H,3-14,16,18-20,22,24-65H2,1-2H3,(H,84,89)/b17-15-,23-21-. The van der Waals surface area contributed by atoms with Gasteiger partial charge in [0.1, 0.15) is 73.2 Å². The van der Waals surface area contributed by atoms with Crippen molar-refractivity contribution < 1.29 is 89.4 Å². The van der Waals surface area contributed by atoms with E-state index >= 15 is 0 Å². The van der Waals surface area contributed by atoms with Crippen molar-refractivity contribution in [2.75, 3.05) is 26.4 Å². The number of carbonyl (C=O) groups is 1. The number of amides is 1. The zero-order valence-corrected chi connectivity index (χ0v) is 64.6. The Morgan fingerprint density at radius 3 is 1.00 bits per heavy atom. The molecule has 3 rings (SSSR count). The summed E-state index contributed by atoms with van der Waals surface area (Å²) in [4.78, 5) is 13.5. The largest absolute Gasteiger partial charge is 0.394 e. The van der Waals surface area contributed by atoms with Gasteiger partial charge in [-0.15, -0.1) is 0 Å². The molecule has 0 aromatic heterocycles. The lowest BCUT2D eigenvalue weighted by Gasteiger charge is -2.48. The van der Waals surface area contributed by atoms with Crippen molar-refractivity contribution in [1.82, 2.24) is 5.32 Å². The smallest absolute Gasteiger partial charge is 0.220 e. The summed E-state index contributed by atoms with van der Waals surface area (Å²) in [5.74, 6) is -0.234. The Morgan fingerprint density at radius 1 is 0.353 bits per heavy atom. The fourth-order valence-corrected chi connectivity index (χ4v) is 14.7. The predicted molar refractivity (Wildman–Crippen MR) is 406 cm³/mol. The first-order chi connectivity index (χ1) is 49.8. The van der Waals surface area contributed by atoms with Crippen LogP contribution in [0.1, 0.15) is 367 Å². The van der Waals surface area contributed by atoms with Gasteiger partial charge in [0.25, 0.3) is 0 Å². The summed E-state index contributed by atoms with van der Waals surface area (Å²) < 4.78 is 34.5. The number of ether oxygens (including phenoxy) is 6. The van der Waals surface area contributed by atoms with Crippen LogP contribution in [-0.2, 0) is 33.2 Å². The van der Waals surface area contributed by atoms with Crippen molar-refractivity contribution in [2.45, 2.75) is 471 Å². The lowest BCUT2D eigenvalue weighted by Crippen LogP contribution is -2.66. The van der Waals surface area contributed by atoms with E-state index < -0.39 is 124 Å². The summed E-state index contributed by atoms with van der Waals surface area (Å²) >= 11 is 0. The number of unbranched alkanes of at least 4 members (excludes halogenated alkanes) is 49. The Labute approximate surface area is 619 Å². The zero-order valence-electron chi connectivity index (χ0n) is 64.6. The third-order valence-corrected chi connectivity index (χ3v) is 21.5. The third-order valence-electron chi connectivity index (χ3n) is 21.5. The van der Waals surface area contributed by atoms with Crippen LogP contribution < -0.4 is 5.32 Å². The maximum Gasteiger partial charge on any atom is 0.220 e. The van der Waals surface area contributed by atoms with Gasteiger partial charge in [-0.2, -0.15) is 0 Å². The van der Waals surface area contributed by atoms with E-state index in [1.807, 2.05) is 0 Å². The highest BCUT2D eigenvalue weighted by Crippen LogP contribution is 2.34. The van der Waals surface area contributed by atoms with Crippen molar-refractivity contribution in [3.63, 3.8) is 0 Å². The fraction of sp³-hybridized carbons (Fsp3) is 0.940. The maximum atomic E-state index is 13.5. The highest BCUT2D eigenvalue weighted by molar-refractivity contribution is 5.76. The highest BCUT2D eigenvalue weighted by Gasteiger charge is 2.54. The minimum Gasteiger partial charge on any atom is -0.394 e. The molecule has 3 heterocycles. The summed E-state index contributed by atoms with van der Waals surface area (Å²) in [6.45, 7) is 1.85. The molecule has 3 aliphatic rings. The van der Waals surface area contributed by atoms with E-state index in [0.717, 1.165) is 51.4 Å². The van der Waals surface area contributed by atoms with Gasteiger partial charge in [0, 0.05) is 6.42 Å². The van der Waals surface area contributed by atoms with Gasteiger partial charge in [0.2, 0.25) is 5.91 Å². The van der Waals surface area contributed by atoms with Gasteiger partial charge in [0.15, 0.2) is 18.9 Å². The summed E-state index contributed by atoms with van der Waals surface area (Å²) in [6.07, 6.45) is 51.5. The van der Waals surface area contributed by atoms with E-state index in [-0.39, 0.29) is 18.9 Å². The van der Waals surface area contributed by atoms with Crippen molar-refractivity contribution in [1.29, 1.82) is 0 Å². The first-order valence-corrected chi connectivity index (χ1v) is 42.6. The van der Waals surface area contributed by atoms with Crippen molar-refractivity contribution in [3.8, 4) is 0 Å². The molecule has 19 nitrogen and oxygen atoms in total. The molecule has 602 valence electrons. The molecular formula is C83H157NO18. The average molecular weight is 1460 g/mol. The van der Waals surface area contributed by atoms with Gasteiger partial charge in [-0.3, -0.25) is 4.79 Å². The quantitative estimate of drug-likeness (QED) is 0.0199. The van der Waals surface area contributed by atoms with Gasteiger partial charge in [-0.25, -0.2) is 0 Å². The number of aliphatic hydroxyl groups is 11. The van der Waals surface area contributed by atoms with Gasteiger partial charge in [-0.1, -0.05) is 340 Å². The molecule has 0 spiro atoms. The van der Waals surface area contributed by atoms with E-state index in [2.05, 4.69) is 43.5 Å². The number of allylic oxidation sites excluding steroid dienone is 4. The highest BCUT2D eigenvalue weighted by atomic mass is 16.8. The molecule has 12 N–H and O–H groups in total. The van der Waals surface area contributed by atoms with Crippen LogP contribution in [0.25, 0.3) is 0 Å². The molecule has 0 aliphatic carbocycles. The third kappa shape index (κ3) is 43.5. The molecule has 3 aliphatic heterocycles. The maximum absolute atomic E-state index is 13.5. The number of rotatable bonds is 69. The fourth-order valence-electron chi connectivity index (χ4n) is 14.7.